The number of amides is 2. The van der Waals surface area contributed by atoms with Gasteiger partial charge in [0, 0.05) is 31.4 Å². The molecule has 9 heteroatoms. The summed E-state index contributed by atoms with van der Waals surface area (Å²) in [6, 6.07) is -0.0225. The van der Waals surface area contributed by atoms with Gasteiger partial charge in [-0.3, -0.25) is 9.59 Å². The third-order valence-corrected chi connectivity index (χ3v) is 6.13. The fraction of sp³-hybridized carbons (Fsp3) is 0.737. The highest BCUT2D eigenvalue weighted by Gasteiger charge is 2.26. The first kappa shape index (κ1) is 25.1. The van der Waals surface area contributed by atoms with Crippen LogP contribution in [0.15, 0.2) is 5.38 Å². The lowest BCUT2D eigenvalue weighted by Crippen LogP contribution is -2.46. The van der Waals surface area contributed by atoms with Crippen LogP contribution in [-0.4, -0.2) is 53.9 Å². The van der Waals surface area contributed by atoms with Crippen LogP contribution < -0.4 is 10.6 Å². The monoisotopic (exact) mass is 450 g/mol. The molecule has 2 saturated heterocycles. The largest absolute Gasteiger partial charge is 0.354 e. The topological polar surface area (TPSA) is 74.3 Å². The molecular formula is C19H32Cl2N4O2S. The molecule has 0 spiro atoms. The molecule has 0 bridgehead atoms. The van der Waals surface area contributed by atoms with Crippen LogP contribution in [0.2, 0.25) is 0 Å². The van der Waals surface area contributed by atoms with Crippen molar-refractivity contribution in [1.82, 2.24) is 20.5 Å². The maximum absolute atomic E-state index is 12.5. The van der Waals surface area contributed by atoms with Gasteiger partial charge in [-0.05, 0) is 57.9 Å². The van der Waals surface area contributed by atoms with E-state index in [-0.39, 0.29) is 42.7 Å². The Kier molecular flexibility index (Phi) is 11.3. The van der Waals surface area contributed by atoms with Crippen LogP contribution in [0.3, 0.4) is 0 Å². The average molecular weight is 451 g/mol. The van der Waals surface area contributed by atoms with Gasteiger partial charge in [-0.2, -0.15) is 0 Å². The molecule has 2 aliphatic rings. The summed E-state index contributed by atoms with van der Waals surface area (Å²) in [6.07, 6.45) is 6.43. The predicted molar refractivity (Wildman–Crippen MR) is 118 cm³/mol. The standard InChI is InChI=1S/C19H30N4O2S.2ClH/c1-14-22-16(13-26-14)6-2-8-18(24)23-10-4-5-15(12-23)11-21-19(25)17-7-3-9-20-17;;/h13,15,17,20H,2-12H2,1H3,(H,21,25);2*1H. The molecular weight excluding hydrogens is 419 g/mol. The van der Waals surface area contributed by atoms with E-state index in [0.717, 1.165) is 68.9 Å². The summed E-state index contributed by atoms with van der Waals surface area (Å²) in [5.41, 5.74) is 1.10. The molecule has 28 heavy (non-hydrogen) atoms. The van der Waals surface area contributed by atoms with Gasteiger partial charge in [0.1, 0.15) is 0 Å². The summed E-state index contributed by atoms with van der Waals surface area (Å²) in [5.74, 6) is 0.731. The Morgan fingerprint density at radius 3 is 2.82 bits per heavy atom. The first-order valence-corrected chi connectivity index (χ1v) is 10.7. The summed E-state index contributed by atoms with van der Waals surface area (Å²) in [4.78, 5) is 31.1. The van der Waals surface area contributed by atoms with Gasteiger partial charge in [0.05, 0.1) is 16.7 Å². The number of nitrogens with one attached hydrogen (secondary N) is 2. The summed E-state index contributed by atoms with van der Waals surface area (Å²) in [6.45, 7) is 5.24. The number of hydrogen-bond acceptors (Lipinski definition) is 5. The summed E-state index contributed by atoms with van der Waals surface area (Å²) in [5, 5.41) is 9.47. The van der Waals surface area contributed by atoms with Crippen molar-refractivity contribution in [1.29, 1.82) is 0 Å². The molecule has 6 nitrogen and oxygen atoms in total. The fourth-order valence-corrected chi connectivity index (χ4v) is 4.48. The number of aromatic nitrogens is 1. The van der Waals surface area contributed by atoms with E-state index >= 15 is 0 Å². The van der Waals surface area contributed by atoms with Crippen molar-refractivity contribution in [3.05, 3.63) is 16.1 Å². The molecule has 0 saturated carbocycles. The van der Waals surface area contributed by atoms with E-state index in [2.05, 4.69) is 21.0 Å². The Bertz CT molecular complexity index is 623. The van der Waals surface area contributed by atoms with E-state index in [4.69, 9.17) is 0 Å². The molecule has 2 fully saturated rings. The molecule has 2 amide bonds. The van der Waals surface area contributed by atoms with Gasteiger partial charge >= 0.3 is 0 Å². The minimum Gasteiger partial charge on any atom is -0.354 e. The van der Waals surface area contributed by atoms with E-state index < -0.39 is 0 Å². The van der Waals surface area contributed by atoms with Crippen LogP contribution >= 0.6 is 36.2 Å². The minimum atomic E-state index is -0.0225. The number of hydrogen-bond donors (Lipinski definition) is 2. The fourth-order valence-electron chi connectivity index (χ4n) is 3.84. The number of piperidine rings is 1. The molecule has 2 atom stereocenters. The lowest BCUT2D eigenvalue weighted by atomic mass is 9.97. The molecule has 1 aromatic heterocycles. The molecule has 3 heterocycles. The Labute approximate surface area is 184 Å². The first-order valence-electron chi connectivity index (χ1n) is 9.81. The van der Waals surface area contributed by atoms with E-state index in [1.54, 1.807) is 11.3 Å². The van der Waals surface area contributed by atoms with Crippen LogP contribution in [0.4, 0.5) is 0 Å². The van der Waals surface area contributed by atoms with Crippen molar-refractivity contribution < 1.29 is 9.59 Å². The number of thiazole rings is 1. The van der Waals surface area contributed by atoms with Crippen LogP contribution in [0.25, 0.3) is 0 Å². The van der Waals surface area contributed by atoms with E-state index in [1.807, 2.05) is 11.8 Å². The smallest absolute Gasteiger partial charge is 0.237 e. The van der Waals surface area contributed by atoms with Crippen molar-refractivity contribution in [2.24, 2.45) is 5.92 Å². The zero-order chi connectivity index (χ0) is 18.4. The van der Waals surface area contributed by atoms with Gasteiger partial charge in [-0.25, -0.2) is 4.98 Å². The second kappa shape index (κ2) is 12.6. The number of aryl methyl sites for hydroxylation is 2. The predicted octanol–water partition coefficient (Wildman–Crippen LogP) is 2.72. The zero-order valence-electron chi connectivity index (χ0n) is 16.4. The maximum Gasteiger partial charge on any atom is 0.237 e. The van der Waals surface area contributed by atoms with Crippen molar-refractivity contribution >= 4 is 48.0 Å². The number of rotatable bonds is 7. The van der Waals surface area contributed by atoms with Crippen molar-refractivity contribution in [2.75, 3.05) is 26.2 Å². The normalized spacial score (nSPS) is 21.5. The highest BCUT2D eigenvalue weighted by atomic mass is 35.5. The maximum atomic E-state index is 12.5. The zero-order valence-corrected chi connectivity index (χ0v) is 18.9. The second-order valence-corrected chi connectivity index (χ2v) is 8.52. The lowest BCUT2D eigenvalue weighted by molar-refractivity contribution is -0.133. The second-order valence-electron chi connectivity index (χ2n) is 7.45. The van der Waals surface area contributed by atoms with Crippen LogP contribution in [0.5, 0.6) is 0 Å². The van der Waals surface area contributed by atoms with Crippen LogP contribution in [-0.2, 0) is 16.0 Å². The van der Waals surface area contributed by atoms with Gasteiger partial charge in [-0.15, -0.1) is 36.2 Å². The molecule has 160 valence electrons. The summed E-state index contributed by atoms with van der Waals surface area (Å²) < 4.78 is 0. The number of carbonyl (C=O) groups is 2. The van der Waals surface area contributed by atoms with Gasteiger partial charge in [0.25, 0.3) is 0 Å². The van der Waals surface area contributed by atoms with Gasteiger partial charge < -0.3 is 15.5 Å². The number of nitrogens with zero attached hydrogens (tertiary/aromatic N) is 2. The average Bonchev–Trinajstić information content (AvgIpc) is 3.32. The Morgan fingerprint density at radius 1 is 1.32 bits per heavy atom. The lowest BCUT2D eigenvalue weighted by Gasteiger charge is -2.33. The van der Waals surface area contributed by atoms with E-state index in [1.165, 1.54) is 0 Å². The number of likely N-dealkylation sites (tertiary alicyclic amines) is 1. The van der Waals surface area contributed by atoms with Crippen molar-refractivity contribution in [3.8, 4) is 0 Å². The quantitative estimate of drug-likeness (QED) is 0.669. The number of carbonyl (C=O) groups excluding carboxylic acids is 2. The molecule has 0 aliphatic carbocycles. The third kappa shape index (κ3) is 7.50. The summed E-state index contributed by atoms with van der Waals surface area (Å²) >= 11 is 1.66. The molecule has 2 aliphatic heterocycles. The Morgan fingerprint density at radius 2 is 2.14 bits per heavy atom. The van der Waals surface area contributed by atoms with Gasteiger partial charge in [0.2, 0.25) is 11.8 Å². The van der Waals surface area contributed by atoms with Crippen molar-refractivity contribution in [2.45, 2.75) is 57.9 Å². The Balaban J connectivity index is 0.00000196. The highest BCUT2D eigenvalue weighted by molar-refractivity contribution is 7.09. The van der Waals surface area contributed by atoms with Crippen molar-refractivity contribution in [3.63, 3.8) is 0 Å². The van der Waals surface area contributed by atoms with Crippen LogP contribution in [0, 0.1) is 12.8 Å². The first-order chi connectivity index (χ1) is 12.6. The molecule has 1 aromatic rings. The van der Waals surface area contributed by atoms with E-state index in [9.17, 15) is 9.59 Å². The molecule has 0 radical (unpaired) electrons. The highest BCUT2D eigenvalue weighted by Crippen LogP contribution is 2.18. The molecule has 0 aromatic carbocycles. The van der Waals surface area contributed by atoms with E-state index in [0.29, 0.717) is 18.9 Å². The SMILES string of the molecule is Cc1nc(CCCC(=O)N2CCCC(CNC(=O)C3CCCN3)C2)cs1.Cl.Cl. The molecule has 2 N–H and O–H groups in total. The minimum absolute atomic E-state index is 0. The van der Waals surface area contributed by atoms with Gasteiger partial charge in [-0.1, -0.05) is 0 Å². The Hall–Kier alpha value is -0.890. The summed E-state index contributed by atoms with van der Waals surface area (Å²) in [7, 11) is 0. The third-order valence-electron chi connectivity index (χ3n) is 5.30. The number of halogens is 2. The van der Waals surface area contributed by atoms with Gasteiger partial charge in [0.15, 0.2) is 0 Å². The van der Waals surface area contributed by atoms with Crippen LogP contribution in [0.1, 0.15) is 49.2 Å². The molecule has 3 rings (SSSR count). The molecule has 2 unspecified atom stereocenters.